The van der Waals surface area contributed by atoms with Crippen LogP contribution in [-0.2, 0) is 0 Å². The van der Waals surface area contributed by atoms with Crippen molar-refractivity contribution in [3.63, 3.8) is 0 Å². The molecule has 2 aromatic heterocycles. The fourth-order valence-electron chi connectivity index (χ4n) is 1.62. The Bertz CT molecular complexity index is 553. The molecule has 0 saturated heterocycles. The summed E-state index contributed by atoms with van der Waals surface area (Å²) in [7, 11) is 0. The monoisotopic (exact) mass is 281 g/mol. The lowest BCUT2D eigenvalue weighted by molar-refractivity contribution is 0.0958. The molecule has 0 atom stereocenters. The molecule has 0 fully saturated rings. The van der Waals surface area contributed by atoms with Crippen molar-refractivity contribution in [2.24, 2.45) is 0 Å². The van der Waals surface area contributed by atoms with Crippen LogP contribution in [0.4, 0.5) is 5.69 Å². The van der Waals surface area contributed by atoms with Gasteiger partial charge in [0.1, 0.15) is 9.71 Å². The number of hydrogen-bond donors (Lipinski definition) is 2. The summed E-state index contributed by atoms with van der Waals surface area (Å²) in [6, 6.07) is 3.71. The van der Waals surface area contributed by atoms with E-state index in [2.05, 4.69) is 16.6 Å². The highest BCUT2D eigenvalue weighted by Crippen LogP contribution is 2.31. The average molecular weight is 281 g/mol. The van der Waals surface area contributed by atoms with Crippen molar-refractivity contribution in [3.8, 4) is 0 Å². The van der Waals surface area contributed by atoms with Gasteiger partial charge in [-0.2, -0.15) is 11.8 Å². The Hall–Kier alpha value is -1.27. The third-order valence-electron chi connectivity index (χ3n) is 2.52. The molecule has 6 heteroatoms. The van der Waals surface area contributed by atoms with Crippen LogP contribution in [0.5, 0.6) is 0 Å². The number of carbonyl (C=O) groups is 1. The largest absolute Gasteiger partial charge is 0.397 e. The number of nitrogens with one attached hydrogen (secondary N) is 1. The molecule has 4 nitrogen and oxygen atoms in total. The van der Waals surface area contributed by atoms with Gasteiger partial charge < -0.3 is 11.1 Å². The van der Waals surface area contributed by atoms with Gasteiger partial charge in [-0.25, -0.2) is 4.98 Å². The fourth-order valence-corrected chi connectivity index (χ4v) is 3.03. The molecule has 96 valence electrons. The lowest BCUT2D eigenvalue weighted by Crippen LogP contribution is -2.24. The molecule has 2 heterocycles. The zero-order valence-corrected chi connectivity index (χ0v) is 11.7. The van der Waals surface area contributed by atoms with Crippen LogP contribution in [-0.4, -0.2) is 29.4 Å². The zero-order chi connectivity index (χ0) is 13.0. The smallest absolute Gasteiger partial charge is 0.263 e. The summed E-state index contributed by atoms with van der Waals surface area (Å²) in [5, 5.41) is 3.74. The molecule has 0 aromatic carbocycles. The van der Waals surface area contributed by atoms with Crippen molar-refractivity contribution in [1.29, 1.82) is 0 Å². The summed E-state index contributed by atoms with van der Waals surface area (Å²) >= 11 is 3.12. The highest BCUT2D eigenvalue weighted by atomic mass is 32.2. The summed E-state index contributed by atoms with van der Waals surface area (Å²) in [6.45, 7) is 0.681. The SMILES string of the molecule is CSCCCNC(=O)c1sc2ncccc2c1N. The lowest BCUT2D eigenvalue weighted by atomic mass is 10.2. The molecule has 0 unspecified atom stereocenters. The third-order valence-corrected chi connectivity index (χ3v) is 4.35. The number of nitrogens with two attached hydrogens (primary N) is 1. The van der Waals surface area contributed by atoms with Crippen molar-refractivity contribution in [2.75, 3.05) is 24.3 Å². The molecule has 2 rings (SSSR count). The van der Waals surface area contributed by atoms with Crippen molar-refractivity contribution in [2.45, 2.75) is 6.42 Å². The second-order valence-electron chi connectivity index (χ2n) is 3.80. The minimum atomic E-state index is -0.100. The Kier molecular flexibility index (Phi) is 4.43. The average Bonchev–Trinajstić information content (AvgIpc) is 2.73. The van der Waals surface area contributed by atoms with Crippen LogP contribution in [0.2, 0.25) is 0 Å². The molecule has 3 N–H and O–H groups in total. The van der Waals surface area contributed by atoms with Crippen molar-refractivity contribution in [1.82, 2.24) is 10.3 Å². The van der Waals surface area contributed by atoms with E-state index in [1.807, 2.05) is 12.1 Å². The van der Waals surface area contributed by atoms with E-state index in [4.69, 9.17) is 5.73 Å². The first kappa shape index (κ1) is 13.2. The number of thiophene rings is 1. The molecular weight excluding hydrogens is 266 g/mol. The van der Waals surface area contributed by atoms with Gasteiger partial charge in [0.2, 0.25) is 0 Å². The fraction of sp³-hybridized carbons (Fsp3) is 0.333. The molecule has 1 amide bonds. The van der Waals surface area contributed by atoms with Gasteiger partial charge >= 0.3 is 0 Å². The van der Waals surface area contributed by atoms with Gasteiger partial charge in [-0.05, 0) is 30.6 Å². The quantitative estimate of drug-likeness (QED) is 0.826. The Balaban J connectivity index is 2.10. The summed E-state index contributed by atoms with van der Waals surface area (Å²) in [6.07, 6.45) is 4.73. The molecular formula is C12H15N3OS2. The van der Waals surface area contributed by atoms with Gasteiger partial charge in [-0.3, -0.25) is 4.79 Å². The summed E-state index contributed by atoms with van der Waals surface area (Å²) < 4.78 is 0. The molecule has 0 aliphatic heterocycles. The van der Waals surface area contributed by atoms with E-state index >= 15 is 0 Å². The number of anilines is 1. The molecule has 0 spiro atoms. The second kappa shape index (κ2) is 6.06. The van der Waals surface area contributed by atoms with E-state index < -0.39 is 0 Å². The van der Waals surface area contributed by atoms with E-state index in [-0.39, 0.29) is 5.91 Å². The molecule has 0 bridgehead atoms. The van der Waals surface area contributed by atoms with Gasteiger partial charge in [0.05, 0.1) is 5.69 Å². The second-order valence-corrected chi connectivity index (χ2v) is 5.79. The summed E-state index contributed by atoms with van der Waals surface area (Å²) in [4.78, 5) is 17.6. The van der Waals surface area contributed by atoms with Crippen LogP contribution in [0, 0.1) is 0 Å². The Morgan fingerprint density at radius 3 is 3.17 bits per heavy atom. The van der Waals surface area contributed by atoms with Gasteiger partial charge in [-0.1, -0.05) is 0 Å². The highest BCUT2D eigenvalue weighted by molar-refractivity contribution is 7.98. The van der Waals surface area contributed by atoms with E-state index in [0.717, 1.165) is 22.4 Å². The standard InChI is InChI=1S/C12H15N3OS2/c1-17-7-3-6-14-11(16)10-9(13)8-4-2-5-15-12(8)18-10/h2,4-5H,3,6-7,13H2,1H3,(H,14,16). The predicted molar refractivity (Wildman–Crippen MR) is 79.4 cm³/mol. The molecule has 0 radical (unpaired) electrons. The number of aromatic nitrogens is 1. The number of hydrogen-bond acceptors (Lipinski definition) is 5. The van der Waals surface area contributed by atoms with E-state index in [0.29, 0.717) is 17.1 Å². The number of amides is 1. The first-order valence-electron chi connectivity index (χ1n) is 5.64. The predicted octanol–water partition coefficient (Wildman–Crippen LogP) is 2.36. The van der Waals surface area contributed by atoms with Crippen molar-refractivity contribution in [3.05, 3.63) is 23.2 Å². The number of pyridine rings is 1. The van der Waals surface area contributed by atoms with Gasteiger partial charge in [-0.15, -0.1) is 11.3 Å². The van der Waals surface area contributed by atoms with Crippen LogP contribution in [0.25, 0.3) is 10.2 Å². The molecule has 0 aliphatic rings. The minimum absolute atomic E-state index is 0.100. The molecule has 2 aromatic rings. The normalized spacial score (nSPS) is 10.7. The molecule has 0 saturated carbocycles. The topological polar surface area (TPSA) is 68.0 Å². The Morgan fingerprint density at radius 1 is 1.61 bits per heavy atom. The van der Waals surface area contributed by atoms with Crippen LogP contribution in [0.15, 0.2) is 18.3 Å². The molecule has 18 heavy (non-hydrogen) atoms. The number of nitrogens with zero attached hydrogens (tertiary/aromatic N) is 1. The van der Waals surface area contributed by atoms with Crippen LogP contribution >= 0.6 is 23.1 Å². The van der Waals surface area contributed by atoms with Crippen LogP contribution < -0.4 is 11.1 Å². The summed E-state index contributed by atoms with van der Waals surface area (Å²) in [5.74, 6) is 0.945. The number of rotatable bonds is 5. The Morgan fingerprint density at radius 2 is 2.44 bits per heavy atom. The highest BCUT2D eigenvalue weighted by Gasteiger charge is 2.16. The van der Waals surface area contributed by atoms with E-state index in [1.165, 1.54) is 11.3 Å². The van der Waals surface area contributed by atoms with Crippen molar-refractivity contribution < 1.29 is 4.79 Å². The summed E-state index contributed by atoms with van der Waals surface area (Å²) in [5.41, 5.74) is 6.51. The molecule has 0 aliphatic carbocycles. The maximum absolute atomic E-state index is 12.0. The number of carbonyl (C=O) groups excluding carboxylic acids is 1. The maximum Gasteiger partial charge on any atom is 0.263 e. The van der Waals surface area contributed by atoms with Gasteiger partial charge in [0.15, 0.2) is 0 Å². The maximum atomic E-state index is 12.0. The third kappa shape index (κ3) is 2.76. The van der Waals surface area contributed by atoms with Gasteiger partial charge in [0, 0.05) is 18.1 Å². The first-order valence-corrected chi connectivity index (χ1v) is 7.85. The van der Waals surface area contributed by atoms with E-state index in [9.17, 15) is 4.79 Å². The first-order chi connectivity index (χ1) is 8.74. The van der Waals surface area contributed by atoms with Crippen LogP contribution in [0.3, 0.4) is 0 Å². The number of fused-ring (bicyclic) bond motifs is 1. The lowest BCUT2D eigenvalue weighted by Gasteiger charge is -2.03. The Labute approximate surface area is 114 Å². The minimum Gasteiger partial charge on any atom is -0.397 e. The number of thioether (sulfide) groups is 1. The number of nitrogen functional groups attached to an aromatic ring is 1. The van der Waals surface area contributed by atoms with Gasteiger partial charge in [0.25, 0.3) is 5.91 Å². The van der Waals surface area contributed by atoms with E-state index in [1.54, 1.807) is 18.0 Å². The van der Waals surface area contributed by atoms with Crippen molar-refractivity contribution >= 4 is 44.9 Å². The van der Waals surface area contributed by atoms with Crippen LogP contribution in [0.1, 0.15) is 16.1 Å². The zero-order valence-electron chi connectivity index (χ0n) is 10.1.